The summed E-state index contributed by atoms with van der Waals surface area (Å²) in [6.45, 7) is 2.15. The molecule has 0 bridgehead atoms. The van der Waals surface area contributed by atoms with Crippen LogP contribution in [0.1, 0.15) is 67.6 Å². The van der Waals surface area contributed by atoms with Gasteiger partial charge in [0.25, 0.3) is 0 Å². The minimum Gasteiger partial charge on any atom is -0.372 e. The van der Waals surface area contributed by atoms with E-state index in [-0.39, 0.29) is 6.29 Å². The molecular formula is C28H37NO2. The van der Waals surface area contributed by atoms with Crippen LogP contribution in [0.4, 0.5) is 5.69 Å². The summed E-state index contributed by atoms with van der Waals surface area (Å²) in [7, 11) is 3.50. The second kappa shape index (κ2) is 8.96. The van der Waals surface area contributed by atoms with E-state index in [4.69, 9.17) is 9.47 Å². The van der Waals surface area contributed by atoms with Crippen molar-refractivity contribution < 1.29 is 9.47 Å². The molecule has 0 amide bonds. The zero-order chi connectivity index (χ0) is 21.3. The minimum absolute atomic E-state index is 0.0708. The lowest BCUT2D eigenvalue weighted by Gasteiger charge is -2.43. The summed E-state index contributed by atoms with van der Waals surface area (Å²) in [6, 6.07) is 18.8. The van der Waals surface area contributed by atoms with Crippen LogP contribution in [0.15, 0.2) is 48.5 Å². The van der Waals surface area contributed by atoms with E-state index >= 15 is 0 Å². The molecule has 1 saturated carbocycles. The van der Waals surface area contributed by atoms with Gasteiger partial charge in [0.2, 0.25) is 0 Å². The quantitative estimate of drug-likeness (QED) is 0.542. The van der Waals surface area contributed by atoms with Crippen LogP contribution >= 0.6 is 0 Å². The van der Waals surface area contributed by atoms with Gasteiger partial charge >= 0.3 is 0 Å². The van der Waals surface area contributed by atoms with Gasteiger partial charge < -0.3 is 14.4 Å². The zero-order valence-electron chi connectivity index (χ0n) is 19.2. The molecule has 0 aromatic heterocycles. The third-order valence-electron chi connectivity index (χ3n) is 8.45. The van der Waals surface area contributed by atoms with Gasteiger partial charge in [-0.3, -0.25) is 0 Å². The fraction of sp³-hybridized carbons (Fsp3) is 0.571. The molecule has 2 fully saturated rings. The molecule has 1 saturated heterocycles. The topological polar surface area (TPSA) is 21.7 Å². The van der Waals surface area contributed by atoms with Crippen LogP contribution < -0.4 is 4.90 Å². The lowest BCUT2D eigenvalue weighted by atomic mass is 9.61. The third-order valence-corrected chi connectivity index (χ3v) is 8.45. The number of piperidine rings is 1. The van der Waals surface area contributed by atoms with Gasteiger partial charge in [-0.1, -0.05) is 49.2 Å². The summed E-state index contributed by atoms with van der Waals surface area (Å²) in [4.78, 5) is 2.53. The standard InChI is InChI=1S/C28H37NO2/c1-30-27(31-2)23-14-19-29(20-15-23)24-11-9-22(10-12-24)26-25-8-4-3-7-21(25)13-18-28(26)16-5-6-17-28/h3-4,7-12,23,26-27H,5-6,13-20H2,1-2H3. The highest BCUT2D eigenvalue weighted by atomic mass is 16.7. The van der Waals surface area contributed by atoms with E-state index in [1.165, 1.54) is 49.8 Å². The van der Waals surface area contributed by atoms with Crippen molar-refractivity contribution in [3.05, 3.63) is 65.2 Å². The maximum Gasteiger partial charge on any atom is 0.159 e. The molecule has 1 unspecified atom stereocenters. The van der Waals surface area contributed by atoms with Crippen LogP contribution in [-0.2, 0) is 15.9 Å². The molecule has 0 radical (unpaired) electrons. The minimum atomic E-state index is -0.0708. The predicted octanol–water partition coefficient (Wildman–Crippen LogP) is 6.16. The van der Waals surface area contributed by atoms with Gasteiger partial charge in [0.1, 0.15) is 0 Å². The van der Waals surface area contributed by atoms with Crippen molar-refractivity contribution in [3.8, 4) is 0 Å². The third kappa shape index (κ3) is 3.91. The van der Waals surface area contributed by atoms with Gasteiger partial charge in [-0.2, -0.15) is 0 Å². The van der Waals surface area contributed by atoms with Crippen molar-refractivity contribution in [2.75, 3.05) is 32.2 Å². The molecular weight excluding hydrogens is 382 g/mol. The normalized spacial score (nSPS) is 23.5. The van der Waals surface area contributed by atoms with E-state index in [0.717, 1.165) is 25.9 Å². The largest absolute Gasteiger partial charge is 0.372 e. The van der Waals surface area contributed by atoms with Crippen molar-refractivity contribution in [3.63, 3.8) is 0 Å². The Labute approximate surface area is 187 Å². The first-order valence-corrected chi connectivity index (χ1v) is 12.2. The maximum absolute atomic E-state index is 5.50. The highest BCUT2D eigenvalue weighted by molar-refractivity contribution is 5.51. The number of ether oxygens (including phenoxy) is 2. The van der Waals surface area contributed by atoms with Crippen molar-refractivity contribution >= 4 is 5.69 Å². The lowest BCUT2D eigenvalue weighted by Crippen LogP contribution is -2.39. The molecule has 1 aliphatic heterocycles. The first kappa shape index (κ1) is 21.0. The van der Waals surface area contributed by atoms with Crippen LogP contribution in [-0.4, -0.2) is 33.6 Å². The van der Waals surface area contributed by atoms with Crippen LogP contribution in [0.3, 0.4) is 0 Å². The maximum atomic E-state index is 5.50. The van der Waals surface area contributed by atoms with E-state index in [9.17, 15) is 0 Å². The lowest BCUT2D eigenvalue weighted by molar-refractivity contribution is -0.141. The van der Waals surface area contributed by atoms with E-state index in [2.05, 4.69) is 53.4 Å². The number of hydrogen-bond donors (Lipinski definition) is 0. The van der Waals surface area contributed by atoms with Crippen LogP contribution in [0, 0.1) is 11.3 Å². The highest BCUT2D eigenvalue weighted by Crippen LogP contribution is 2.57. The van der Waals surface area contributed by atoms with E-state index < -0.39 is 0 Å². The molecule has 1 atom stereocenters. The van der Waals surface area contributed by atoms with E-state index in [1.807, 2.05) is 0 Å². The highest BCUT2D eigenvalue weighted by Gasteiger charge is 2.45. The van der Waals surface area contributed by atoms with Crippen molar-refractivity contribution in [1.29, 1.82) is 0 Å². The molecule has 5 rings (SSSR count). The number of rotatable bonds is 5. The number of nitrogens with zero attached hydrogens (tertiary/aromatic N) is 1. The second-order valence-electron chi connectivity index (χ2n) is 9.96. The Hall–Kier alpha value is -1.84. The van der Waals surface area contributed by atoms with Gasteiger partial charge in [0.15, 0.2) is 6.29 Å². The molecule has 2 aliphatic carbocycles. The summed E-state index contributed by atoms with van der Waals surface area (Å²) in [5.41, 5.74) is 6.52. The Morgan fingerprint density at radius 3 is 2.23 bits per heavy atom. The molecule has 3 heteroatoms. The van der Waals surface area contributed by atoms with Crippen molar-refractivity contribution in [2.24, 2.45) is 11.3 Å². The van der Waals surface area contributed by atoms with Gasteiger partial charge in [0.05, 0.1) is 0 Å². The zero-order valence-corrected chi connectivity index (χ0v) is 19.2. The Kier molecular flexibility index (Phi) is 6.08. The summed E-state index contributed by atoms with van der Waals surface area (Å²) >= 11 is 0. The average molecular weight is 420 g/mol. The SMILES string of the molecule is COC(OC)C1CCN(c2ccc(C3c4ccccc4CCC34CCCC4)cc2)CC1. The number of fused-ring (bicyclic) bond motifs is 1. The van der Waals surface area contributed by atoms with Gasteiger partial charge in [0, 0.05) is 44.8 Å². The molecule has 0 N–H and O–H groups in total. The van der Waals surface area contributed by atoms with E-state index in [0.29, 0.717) is 17.3 Å². The Bertz CT molecular complexity index is 859. The Morgan fingerprint density at radius 2 is 1.55 bits per heavy atom. The van der Waals surface area contributed by atoms with Crippen LogP contribution in [0.5, 0.6) is 0 Å². The van der Waals surface area contributed by atoms with Crippen LogP contribution in [0.25, 0.3) is 0 Å². The summed E-state index contributed by atoms with van der Waals surface area (Å²) in [5, 5.41) is 0. The summed E-state index contributed by atoms with van der Waals surface area (Å²) < 4.78 is 11.0. The molecule has 2 aromatic carbocycles. The molecule has 3 aliphatic rings. The molecule has 166 valence electrons. The smallest absolute Gasteiger partial charge is 0.159 e. The van der Waals surface area contributed by atoms with Crippen LogP contribution in [0.2, 0.25) is 0 Å². The molecule has 1 spiro atoms. The van der Waals surface area contributed by atoms with Gasteiger partial charge in [-0.25, -0.2) is 0 Å². The summed E-state index contributed by atoms with van der Waals surface area (Å²) in [5.74, 6) is 1.05. The average Bonchev–Trinajstić information content (AvgIpc) is 3.29. The monoisotopic (exact) mass is 419 g/mol. The number of methoxy groups -OCH3 is 2. The Morgan fingerprint density at radius 1 is 0.871 bits per heavy atom. The van der Waals surface area contributed by atoms with Crippen molar-refractivity contribution in [2.45, 2.75) is 63.6 Å². The van der Waals surface area contributed by atoms with Gasteiger partial charge in [-0.15, -0.1) is 0 Å². The summed E-state index contributed by atoms with van der Waals surface area (Å²) in [6.07, 6.45) is 10.3. The fourth-order valence-corrected chi connectivity index (χ4v) is 6.84. The van der Waals surface area contributed by atoms with Gasteiger partial charge in [-0.05, 0) is 72.8 Å². The van der Waals surface area contributed by atoms with E-state index in [1.54, 1.807) is 25.3 Å². The molecule has 3 nitrogen and oxygen atoms in total. The molecule has 2 aromatic rings. The Balaban J connectivity index is 1.36. The van der Waals surface area contributed by atoms with Crippen molar-refractivity contribution in [1.82, 2.24) is 0 Å². The molecule has 1 heterocycles. The number of anilines is 1. The predicted molar refractivity (Wildman–Crippen MR) is 127 cm³/mol. The first-order chi connectivity index (χ1) is 15.2. The molecule has 31 heavy (non-hydrogen) atoms. The number of aryl methyl sites for hydroxylation is 1. The second-order valence-corrected chi connectivity index (χ2v) is 9.96. The number of hydrogen-bond acceptors (Lipinski definition) is 3. The number of benzene rings is 2. The fourth-order valence-electron chi connectivity index (χ4n) is 6.84. The first-order valence-electron chi connectivity index (χ1n) is 12.2.